The number of carbonyl (C=O) groups is 1. The first-order chi connectivity index (χ1) is 37.1. The SMILES string of the molecule is CC(C)(C)c1cc(C2=C3NC(=CC3=O)C(c3cc(C(C)(C)C)cc(C(C)(C)C)c3)=c3ccc([nH]3)=C(c3cc(C(C)(C)C)cc(C(C)(C)C)c3)c3ccc([nH]3)C(c3cc(C(C)(C)C)cc(C(C)(C)C)c3)=C3C=CC2=N3)cc(C(C)(C)C)c1. The summed E-state index contributed by atoms with van der Waals surface area (Å²) in [5, 5.41) is 5.78. The molecule has 0 saturated carbocycles. The average molecular weight is 1080 g/mol. The van der Waals surface area contributed by atoms with Gasteiger partial charge in [0.05, 0.1) is 22.8 Å². The Hall–Kier alpha value is -6.72. The second kappa shape index (κ2) is 19.7. The number of fused-ring (bicyclic) bond motifs is 7. The zero-order valence-electron chi connectivity index (χ0n) is 53.8. The summed E-state index contributed by atoms with van der Waals surface area (Å²) in [6.07, 6.45) is 6.14. The van der Waals surface area contributed by atoms with Gasteiger partial charge in [-0.15, -0.1) is 0 Å². The number of nitrogens with zero attached hydrogens (tertiary/aromatic N) is 1. The number of ketones is 1. The molecule has 0 amide bonds. The maximum absolute atomic E-state index is 15.6. The third-order valence-corrected chi connectivity index (χ3v) is 16.7. The maximum atomic E-state index is 15.6. The summed E-state index contributed by atoms with van der Waals surface area (Å²) in [5.74, 6) is -0.0916. The minimum Gasteiger partial charge on any atom is -0.354 e. The van der Waals surface area contributed by atoms with Gasteiger partial charge in [0.15, 0.2) is 0 Å². The molecule has 8 bridgehead atoms. The van der Waals surface area contributed by atoms with Gasteiger partial charge in [-0.3, -0.25) is 4.79 Å². The first kappa shape index (κ1) is 58.9. The van der Waals surface area contributed by atoms with Crippen molar-refractivity contribution < 1.29 is 4.79 Å². The molecule has 6 aromatic rings. The molecule has 0 fully saturated rings. The van der Waals surface area contributed by atoms with Crippen molar-refractivity contribution in [2.24, 2.45) is 4.99 Å². The van der Waals surface area contributed by atoms with Crippen molar-refractivity contribution >= 4 is 33.8 Å². The molecule has 5 heterocycles. The van der Waals surface area contributed by atoms with Crippen molar-refractivity contribution in [1.29, 1.82) is 0 Å². The van der Waals surface area contributed by atoms with E-state index in [9.17, 15) is 0 Å². The summed E-state index contributed by atoms with van der Waals surface area (Å²) in [7, 11) is 0. The van der Waals surface area contributed by atoms with Crippen LogP contribution in [0.15, 0.2) is 137 Å². The molecule has 3 aliphatic rings. The van der Waals surface area contributed by atoms with Crippen LogP contribution in [0, 0.1) is 0 Å². The van der Waals surface area contributed by atoms with E-state index in [0.29, 0.717) is 5.70 Å². The zero-order chi connectivity index (χ0) is 59.7. The number of hydrogen-bond acceptors (Lipinski definition) is 3. The Morgan fingerprint density at radius 1 is 0.333 bits per heavy atom. The van der Waals surface area contributed by atoms with Crippen LogP contribution in [0.4, 0.5) is 0 Å². The first-order valence-electron chi connectivity index (χ1n) is 29.6. The van der Waals surface area contributed by atoms with E-state index in [0.717, 1.165) is 83.7 Å². The number of rotatable bonds is 4. The third kappa shape index (κ3) is 12.0. The topological polar surface area (TPSA) is 73.0 Å². The third-order valence-electron chi connectivity index (χ3n) is 16.7. The molecule has 0 unspecified atom stereocenters. The van der Waals surface area contributed by atoms with Crippen LogP contribution < -0.4 is 16.0 Å². The molecule has 5 nitrogen and oxygen atoms in total. The second-order valence-electron chi connectivity index (χ2n) is 31.9. The Labute approximate surface area is 487 Å². The highest BCUT2D eigenvalue weighted by atomic mass is 16.1. The van der Waals surface area contributed by atoms with Crippen LogP contribution in [0.2, 0.25) is 0 Å². The minimum atomic E-state index is -0.177. The van der Waals surface area contributed by atoms with Crippen molar-refractivity contribution in [3.8, 4) is 0 Å². The predicted molar refractivity (Wildman–Crippen MR) is 346 cm³/mol. The van der Waals surface area contributed by atoms with Gasteiger partial charge >= 0.3 is 0 Å². The van der Waals surface area contributed by atoms with Gasteiger partial charge < -0.3 is 15.3 Å². The smallest absolute Gasteiger partial charge is 0.204 e. The molecule has 5 heteroatoms. The number of hydrogen-bond donors (Lipinski definition) is 3. The van der Waals surface area contributed by atoms with Crippen molar-refractivity contribution in [2.75, 3.05) is 0 Å². The van der Waals surface area contributed by atoms with Gasteiger partial charge in [0.2, 0.25) is 5.78 Å². The molecule has 424 valence electrons. The van der Waals surface area contributed by atoms with E-state index < -0.39 is 0 Å². The number of carbonyl (C=O) groups excluding carboxylic acids is 1. The molecule has 0 spiro atoms. The Morgan fingerprint density at radius 3 is 1.00 bits per heavy atom. The Kier molecular flexibility index (Phi) is 14.4. The Balaban J connectivity index is 1.50. The molecule has 0 radical (unpaired) electrons. The molecule has 0 atom stereocenters. The number of aliphatic imine (C=N–C) groups is 1. The molecule has 9 rings (SSSR count). The zero-order valence-corrected chi connectivity index (χ0v) is 53.8. The molecule has 2 aromatic heterocycles. The van der Waals surface area contributed by atoms with Crippen LogP contribution >= 0.6 is 0 Å². The van der Waals surface area contributed by atoms with Gasteiger partial charge in [0, 0.05) is 50.5 Å². The summed E-state index contributed by atoms with van der Waals surface area (Å²) in [6.45, 7) is 55.0. The van der Waals surface area contributed by atoms with Crippen LogP contribution in [-0.2, 0) is 48.1 Å². The Morgan fingerprint density at radius 2 is 0.642 bits per heavy atom. The van der Waals surface area contributed by atoms with E-state index in [1.807, 2.05) is 6.08 Å². The monoisotopic (exact) mass is 1080 g/mol. The number of aromatic nitrogens is 2. The van der Waals surface area contributed by atoms with E-state index in [2.05, 4.69) is 291 Å². The summed E-state index contributed by atoms with van der Waals surface area (Å²) < 4.78 is 0. The van der Waals surface area contributed by atoms with Gasteiger partial charge in [0.1, 0.15) is 0 Å². The normalized spacial score (nSPS) is 16.0. The molecule has 0 aliphatic carbocycles. The highest BCUT2D eigenvalue weighted by Crippen LogP contribution is 2.43. The van der Waals surface area contributed by atoms with Gasteiger partial charge in [-0.05, 0) is 146 Å². The van der Waals surface area contributed by atoms with Crippen LogP contribution in [-0.4, -0.2) is 21.5 Å². The van der Waals surface area contributed by atoms with Crippen molar-refractivity contribution in [2.45, 2.75) is 209 Å². The molecular formula is C76H94N4O. The van der Waals surface area contributed by atoms with Crippen LogP contribution in [0.1, 0.15) is 244 Å². The van der Waals surface area contributed by atoms with Gasteiger partial charge in [0.25, 0.3) is 0 Å². The second-order valence-corrected chi connectivity index (χ2v) is 31.9. The van der Waals surface area contributed by atoms with E-state index in [1.54, 1.807) is 0 Å². The van der Waals surface area contributed by atoms with E-state index in [-0.39, 0.29) is 49.1 Å². The fraction of sp³-hybridized carbons (Fsp3) is 0.421. The minimum absolute atomic E-state index is 0.0916. The summed E-state index contributed by atoms with van der Waals surface area (Å²) in [6, 6.07) is 37.3. The Bertz CT molecular complexity index is 3710. The van der Waals surface area contributed by atoms with Gasteiger partial charge in [-0.1, -0.05) is 239 Å². The highest BCUT2D eigenvalue weighted by Gasteiger charge is 2.34. The van der Waals surface area contributed by atoms with Gasteiger partial charge in [-0.25, -0.2) is 4.99 Å². The van der Waals surface area contributed by atoms with E-state index in [1.165, 1.54) is 44.5 Å². The largest absolute Gasteiger partial charge is 0.354 e. The fourth-order valence-electron chi connectivity index (χ4n) is 11.1. The average Bonchev–Trinajstić information content (AvgIpc) is 4.30. The number of allylic oxidation sites excluding steroid dienone is 5. The molecule has 81 heavy (non-hydrogen) atoms. The molecule has 4 aromatic carbocycles. The molecular weight excluding hydrogens is 985 g/mol. The van der Waals surface area contributed by atoms with Crippen LogP contribution in [0.5, 0.6) is 0 Å². The highest BCUT2D eigenvalue weighted by molar-refractivity contribution is 6.36. The van der Waals surface area contributed by atoms with E-state index >= 15 is 4.79 Å². The summed E-state index contributed by atoms with van der Waals surface area (Å²) >= 11 is 0. The lowest BCUT2D eigenvalue weighted by molar-refractivity contribution is -0.111. The van der Waals surface area contributed by atoms with Crippen LogP contribution in [0.25, 0.3) is 22.3 Å². The lowest BCUT2D eigenvalue weighted by Crippen LogP contribution is -2.23. The molecule has 3 N–H and O–H groups in total. The van der Waals surface area contributed by atoms with Crippen molar-refractivity contribution in [3.05, 3.63) is 221 Å². The number of aromatic amines is 2. The lowest BCUT2D eigenvalue weighted by Gasteiger charge is -2.27. The van der Waals surface area contributed by atoms with Crippen molar-refractivity contribution in [1.82, 2.24) is 15.3 Å². The number of H-pyrrole nitrogens is 2. The molecule has 3 aliphatic heterocycles. The predicted octanol–water partition coefficient (Wildman–Crippen LogP) is 17.4. The van der Waals surface area contributed by atoms with E-state index in [4.69, 9.17) is 4.99 Å². The molecule has 0 saturated heterocycles. The standard InChI is InChI=1S/C76H94N4O/c1-69(2,3)48-31-44(32-49(39-48)70(4,5)6)64-56-25-26-57(77-56)65(45-33-50(71(7,8)9)40-51(34-45)72(10,11)12)59-29-30-61(79-59)67(47-37-54(75(19,20)21)42-55(38-47)76(22,23)24)68-63(81)43-62(80-68)66(60-28-27-58(64)78-60)46-35-52(73(13,14)15)41-53(36-46)74(16,17)18/h25-43,77-78,80H,1-24H3. The first-order valence-corrected chi connectivity index (χ1v) is 29.6. The number of nitrogens with one attached hydrogen (secondary N) is 3. The summed E-state index contributed by atoms with van der Waals surface area (Å²) in [5.41, 5.74) is 21.5. The van der Waals surface area contributed by atoms with Crippen LogP contribution in [0.3, 0.4) is 0 Å². The van der Waals surface area contributed by atoms with Crippen molar-refractivity contribution in [3.63, 3.8) is 0 Å². The quantitative estimate of drug-likeness (QED) is 0.165. The number of benzene rings is 4. The fourth-order valence-corrected chi connectivity index (χ4v) is 11.1. The maximum Gasteiger partial charge on any atom is 0.204 e. The van der Waals surface area contributed by atoms with Gasteiger partial charge in [-0.2, -0.15) is 0 Å². The summed E-state index contributed by atoms with van der Waals surface area (Å²) in [4.78, 5) is 29.6. The lowest BCUT2D eigenvalue weighted by atomic mass is 9.78.